The van der Waals surface area contributed by atoms with E-state index in [0.717, 1.165) is 36.6 Å². The van der Waals surface area contributed by atoms with E-state index in [0.29, 0.717) is 38.4 Å². The Balaban J connectivity index is 1.67. The summed E-state index contributed by atoms with van der Waals surface area (Å²) in [6.07, 6.45) is 5.08. The highest BCUT2D eigenvalue weighted by molar-refractivity contribution is 6.03. The number of nitrogens with zero attached hydrogens (tertiary/aromatic N) is 2. The summed E-state index contributed by atoms with van der Waals surface area (Å²) in [5.41, 5.74) is 0.749. The van der Waals surface area contributed by atoms with Gasteiger partial charge in [0.1, 0.15) is 11.2 Å². The minimum Gasteiger partial charge on any atom is -0.382 e. The van der Waals surface area contributed by atoms with Crippen LogP contribution < -0.4 is 5.32 Å². The summed E-state index contributed by atoms with van der Waals surface area (Å²) in [6.45, 7) is 6.09. The maximum atomic E-state index is 13.5. The van der Waals surface area contributed by atoms with Crippen molar-refractivity contribution in [2.75, 3.05) is 19.8 Å². The average molecular weight is 398 g/mol. The van der Waals surface area contributed by atoms with Crippen LogP contribution in [0.15, 0.2) is 30.3 Å². The number of hydrogen-bond acceptors (Lipinski definition) is 3. The number of rotatable bonds is 7. The lowest BCUT2D eigenvalue weighted by atomic mass is 9.94. The molecule has 2 aromatic rings. The molecule has 2 amide bonds. The summed E-state index contributed by atoms with van der Waals surface area (Å²) >= 11 is 0. The smallest absolute Gasteiger partial charge is 0.271 e. The number of fused-ring (bicyclic) bond motifs is 3. The molecular formula is C23H31N3O3. The number of carbonyl (C=O) groups excluding carboxylic acids is 2. The molecule has 6 heteroatoms. The van der Waals surface area contributed by atoms with Crippen LogP contribution in [0.2, 0.25) is 0 Å². The van der Waals surface area contributed by atoms with Crippen LogP contribution in [0.4, 0.5) is 0 Å². The summed E-state index contributed by atoms with van der Waals surface area (Å²) in [4.78, 5) is 28.7. The Bertz CT molecular complexity index is 900. The molecule has 0 spiro atoms. The van der Waals surface area contributed by atoms with Crippen molar-refractivity contribution in [2.45, 2.75) is 64.1 Å². The Hall–Kier alpha value is -2.34. The summed E-state index contributed by atoms with van der Waals surface area (Å²) < 4.78 is 7.49. The van der Waals surface area contributed by atoms with Gasteiger partial charge in [0.15, 0.2) is 0 Å². The molecule has 4 rings (SSSR count). The Morgan fingerprint density at radius 1 is 1.28 bits per heavy atom. The molecule has 1 saturated carbocycles. The molecule has 0 saturated heterocycles. The van der Waals surface area contributed by atoms with Crippen LogP contribution in [0.1, 0.15) is 56.4 Å². The van der Waals surface area contributed by atoms with E-state index in [-0.39, 0.29) is 17.9 Å². The van der Waals surface area contributed by atoms with E-state index < -0.39 is 5.54 Å². The van der Waals surface area contributed by atoms with Crippen molar-refractivity contribution in [1.82, 2.24) is 14.8 Å². The van der Waals surface area contributed by atoms with Gasteiger partial charge in [-0.05, 0) is 45.2 Å². The van der Waals surface area contributed by atoms with Gasteiger partial charge in [0, 0.05) is 36.7 Å². The predicted molar refractivity (Wildman–Crippen MR) is 113 cm³/mol. The molecule has 1 atom stereocenters. The molecule has 1 aromatic heterocycles. The minimum atomic E-state index is -0.916. The third-order valence-corrected chi connectivity index (χ3v) is 6.39. The van der Waals surface area contributed by atoms with Crippen molar-refractivity contribution in [1.29, 1.82) is 0 Å². The van der Waals surface area contributed by atoms with Gasteiger partial charge < -0.3 is 19.5 Å². The van der Waals surface area contributed by atoms with Crippen molar-refractivity contribution in [2.24, 2.45) is 0 Å². The molecule has 1 aromatic carbocycles. The molecule has 2 heterocycles. The second-order valence-corrected chi connectivity index (χ2v) is 8.41. The van der Waals surface area contributed by atoms with E-state index in [2.05, 4.69) is 5.32 Å². The molecule has 0 radical (unpaired) electrons. The van der Waals surface area contributed by atoms with E-state index in [4.69, 9.17) is 4.74 Å². The lowest BCUT2D eigenvalue weighted by Gasteiger charge is -2.44. The van der Waals surface area contributed by atoms with Gasteiger partial charge in [-0.2, -0.15) is 0 Å². The maximum absolute atomic E-state index is 13.5. The first-order valence-corrected chi connectivity index (χ1v) is 10.8. The molecule has 1 fully saturated rings. The number of hydrogen-bond donors (Lipinski definition) is 1. The van der Waals surface area contributed by atoms with E-state index in [1.807, 2.05) is 48.7 Å². The molecule has 29 heavy (non-hydrogen) atoms. The van der Waals surface area contributed by atoms with Crippen molar-refractivity contribution in [3.63, 3.8) is 0 Å². The van der Waals surface area contributed by atoms with E-state index >= 15 is 0 Å². The normalized spacial score (nSPS) is 22.3. The summed E-state index contributed by atoms with van der Waals surface area (Å²) in [6, 6.07) is 10.2. The van der Waals surface area contributed by atoms with Crippen LogP contribution in [-0.2, 0) is 16.1 Å². The SMILES string of the molecule is CCOCCCN1C(=O)c2cc3ccccc3n2CC1(C)C(=O)NC1CCCC1. The van der Waals surface area contributed by atoms with Crippen LogP contribution >= 0.6 is 0 Å². The Morgan fingerprint density at radius 2 is 2.03 bits per heavy atom. The third kappa shape index (κ3) is 3.66. The van der Waals surface area contributed by atoms with Gasteiger partial charge in [-0.15, -0.1) is 0 Å². The standard InChI is InChI=1S/C23H31N3O3/c1-3-29-14-8-13-26-21(27)20-15-17-9-4-7-12-19(17)25(20)16-23(26,2)22(28)24-18-10-5-6-11-18/h4,7,9,12,15,18H,3,5-6,8,10-11,13-14,16H2,1-2H3,(H,24,28). The van der Waals surface area contributed by atoms with Gasteiger partial charge in [0.05, 0.1) is 6.54 Å². The number of ether oxygens (including phenoxy) is 1. The second kappa shape index (κ2) is 8.19. The number of aromatic nitrogens is 1. The fourth-order valence-electron chi connectivity index (χ4n) is 4.74. The number of para-hydroxylation sites is 1. The van der Waals surface area contributed by atoms with Crippen molar-refractivity contribution in [3.8, 4) is 0 Å². The summed E-state index contributed by atoms with van der Waals surface area (Å²) in [5.74, 6) is -0.120. The van der Waals surface area contributed by atoms with Gasteiger partial charge in [0.25, 0.3) is 5.91 Å². The first-order chi connectivity index (χ1) is 14.0. The quantitative estimate of drug-likeness (QED) is 0.729. The average Bonchev–Trinajstić information content (AvgIpc) is 3.35. The Labute approximate surface area is 172 Å². The number of amides is 2. The molecule has 1 aliphatic heterocycles. The molecule has 1 unspecified atom stereocenters. The van der Waals surface area contributed by atoms with Crippen LogP contribution in [0.5, 0.6) is 0 Å². The van der Waals surface area contributed by atoms with Crippen molar-refractivity contribution < 1.29 is 14.3 Å². The molecule has 6 nitrogen and oxygen atoms in total. The Kier molecular flexibility index (Phi) is 5.63. The molecule has 1 N–H and O–H groups in total. The lowest BCUT2D eigenvalue weighted by molar-refractivity contribution is -0.133. The topological polar surface area (TPSA) is 63.6 Å². The molecule has 2 aliphatic rings. The first-order valence-electron chi connectivity index (χ1n) is 10.8. The number of carbonyl (C=O) groups is 2. The van der Waals surface area contributed by atoms with Crippen molar-refractivity contribution in [3.05, 3.63) is 36.0 Å². The first kappa shape index (κ1) is 20.0. The lowest BCUT2D eigenvalue weighted by Crippen LogP contribution is -2.65. The zero-order chi connectivity index (χ0) is 20.4. The highest BCUT2D eigenvalue weighted by atomic mass is 16.5. The molecule has 156 valence electrons. The molecular weight excluding hydrogens is 366 g/mol. The zero-order valence-electron chi connectivity index (χ0n) is 17.4. The van der Waals surface area contributed by atoms with Gasteiger partial charge in [-0.1, -0.05) is 31.0 Å². The fraction of sp³-hybridized carbons (Fsp3) is 0.565. The summed E-state index contributed by atoms with van der Waals surface area (Å²) in [7, 11) is 0. The monoisotopic (exact) mass is 397 g/mol. The predicted octanol–water partition coefficient (Wildman–Crippen LogP) is 3.34. The summed E-state index contributed by atoms with van der Waals surface area (Å²) in [5, 5.41) is 4.27. The van der Waals surface area contributed by atoms with Crippen molar-refractivity contribution >= 4 is 22.7 Å². The van der Waals surface area contributed by atoms with Crippen LogP contribution in [-0.4, -0.2) is 52.6 Å². The zero-order valence-corrected chi connectivity index (χ0v) is 17.4. The van der Waals surface area contributed by atoms with Crippen LogP contribution in [0, 0.1) is 0 Å². The van der Waals surface area contributed by atoms with Crippen LogP contribution in [0.3, 0.4) is 0 Å². The fourth-order valence-corrected chi connectivity index (χ4v) is 4.74. The number of benzene rings is 1. The van der Waals surface area contributed by atoms with Gasteiger partial charge in [-0.3, -0.25) is 9.59 Å². The highest BCUT2D eigenvalue weighted by Gasteiger charge is 2.47. The largest absolute Gasteiger partial charge is 0.382 e. The van der Waals surface area contributed by atoms with Crippen LogP contribution in [0.25, 0.3) is 10.9 Å². The van der Waals surface area contributed by atoms with E-state index in [9.17, 15) is 9.59 Å². The number of nitrogens with one attached hydrogen (secondary N) is 1. The molecule has 0 bridgehead atoms. The van der Waals surface area contributed by atoms with E-state index in [1.54, 1.807) is 4.90 Å². The second-order valence-electron chi connectivity index (χ2n) is 8.41. The van der Waals surface area contributed by atoms with Gasteiger partial charge in [-0.25, -0.2) is 0 Å². The van der Waals surface area contributed by atoms with E-state index in [1.165, 1.54) is 0 Å². The Morgan fingerprint density at radius 3 is 2.79 bits per heavy atom. The van der Waals surface area contributed by atoms with Gasteiger partial charge in [0.2, 0.25) is 5.91 Å². The molecule has 1 aliphatic carbocycles. The third-order valence-electron chi connectivity index (χ3n) is 6.39. The maximum Gasteiger partial charge on any atom is 0.271 e. The minimum absolute atomic E-state index is 0.0439. The highest BCUT2D eigenvalue weighted by Crippen LogP contribution is 2.33. The van der Waals surface area contributed by atoms with Gasteiger partial charge >= 0.3 is 0 Å².